The number of rotatable bonds is 0. The van der Waals surface area contributed by atoms with Crippen molar-refractivity contribution in [2.75, 3.05) is 0 Å². The van der Waals surface area contributed by atoms with Gasteiger partial charge in [-0.1, -0.05) is 25.0 Å². The quantitative estimate of drug-likeness (QED) is 0.656. The van der Waals surface area contributed by atoms with Crippen LogP contribution in [0.2, 0.25) is 0 Å². The molecule has 2 saturated heterocycles. The highest BCUT2D eigenvalue weighted by molar-refractivity contribution is 5.34. The molecule has 5 rings (SSSR count). The second-order valence-electron chi connectivity index (χ2n) is 9.23. The van der Waals surface area contributed by atoms with Crippen LogP contribution in [-0.2, 0) is 0 Å². The van der Waals surface area contributed by atoms with Crippen LogP contribution in [0.1, 0.15) is 53.4 Å². The molecule has 2 saturated carbocycles. The van der Waals surface area contributed by atoms with Crippen LogP contribution in [0.4, 0.5) is 0 Å². The predicted octanol–water partition coefficient (Wildman–Crippen LogP) is 4.25. The summed E-state index contributed by atoms with van der Waals surface area (Å²) >= 11 is 0. The average molecular weight is 285 g/mol. The standard InChI is InChI=1S/C20H31N/c1-9-10(2)19-15(9)8-17-12(4)18-11(3)14-6-5-13(14)7-16(18)20(19)21-17/h11-21H,5-8H2,1-4H3/t11-,12?,13?,14?,15?,16+,17?,18?,19?,20?/m1/s1. The summed E-state index contributed by atoms with van der Waals surface area (Å²) in [6.45, 7) is 10.0. The Labute approximate surface area is 130 Å². The number of allylic oxidation sites excluding steroid dienone is 1. The molecule has 0 aromatic heterocycles. The first-order valence-corrected chi connectivity index (χ1v) is 9.51. The number of nitrogens with one attached hydrogen (secondary N) is 1. The molecule has 5 aliphatic rings. The van der Waals surface area contributed by atoms with E-state index in [1.807, 2.05) is 0 Å². The van der Waals surface area contributed by atoms with Crippen LogP contribution in [0.15, 0.2) is 11.1 Å². The van der Waals surface area contributed by atoms with Crippen molar-refractivity contribution in [2.24, 2.45) is 47.3 Å². The van der Waals surface area contributed by atoms with Gasteiger partial charge in [0.05, 0.1) is 0 Å². The first kappa shape index (κ1) is 13.2. The summed E-state index contributed by atoms with van der Waals surface area (Å²) in [6.07, 6.45) is 6.04. The molecule has 1 heteroatoms. The maximum Gasteiger partial charge on any atom is 0.0172 e. The molecule has 1 nitrogen and oxygen atoms in total. The van der Waals surface area contributed by atoms with E-state index in [1.165, 1.54) is 19.3 Å². The molecule has 116 valence electrons. The molecule has 10 atom stereocenters. The third kappa shape index (κ3) is 1.47. The SMILES string of the molecule is CC1=C(C)C2C1CC1NC2[C@H]2CC3CCC3[C@@H](C)C2C1C. The Morgan fingerprint density at radius 3 is 2.43 bits per heavy atom. The van der Waals surface area contributed by atoms with Crippen LogP contribution in [-0.4, -0.2) is 12.1 Å². The zero-order chi connectivity index (χ0) is 14.5. The number of piperidine rings is 2. The van der Waals surface area contributed by atoms with Gasteiger partial charge in [-0.2, -0.15) is 0 Å². The van der Waals surface area contributed by atoms with Crippen molar-refractivity contribution in [2.45, 2.75) is 65.5 Å². The van der Waals surface area contributed by atoms with Gasteiger partial charge >= 0.3 is 0 Å². The van der Waals surface area contributed by atoms with Crippen molar-refractivity contribution in [3.63, 3.8) is 0 Å². The van der Waals surface area contributed by atoms with Crippen LogP contribution in [0.3, 0.4) is 0 Å². The Morgan fingerprint density at radius 2 is 1.71 bits per heavy atom. The van der Waals surface area contributed by atoms with E-state index in [0.29, 0.717) is 0 Å². The van der Waals surface area contributed by atoms with Gasteiger partial charge in [0.25, 0.3) is 0 Å². The smallest absolute Gasteiger partial charge is 0.0172 e. The highest BCUT2D eigenvalue weighted by Gasteiger charge is 2.59. The van der Waals surface area contributed by atoms with Crippen molar-refractivity contribution >= 4 is 0 Å². The molecular weight excluding hydrogens is 254 g/mol. The van der Waals surface area contributed by atoms with E-state index in [9.17, 15) is 0 Å². The molecule has 0 aromatic rings. The highest BCUT2D eigenvalue weighted by Crippen LogP contribution is 2.61. The zero-order valence-electron chi connectivity index (χ0n) is 14.1. The minimum absolute atomic E-state index is 0.805. The first-order valence-electron chi connectivity index (χ1n) is 9.51. The van der Waals surface area contributed by atoms with Gasteiger partial charge in [0.1, 0.15) is 0 Å². The molecule has 8 unspecified atom stereocenters. The fourth-order valence-corrected chi connectivity index (χ4v) is 7.61. The van der Waals surface area contributed by atoms with Gasteiger partial charge in [-0.3, -0.25) is 0 Å². The summed E-state index contributed by atoms with van der Waals surface area (Å²) in [5.74, 6) is 7.87. The lowest BCUT2D eigenvalue weighted by Gasteiger charge is -2.65. The third-order valence-electron chi connectivity index (χ3n) is 8.94. The van der Waals surface area contributed by atoms with E-state index in [2.05, 4.69) is 33.0 Å². The molecule has 0 spiro atoms. The Kier molecular flexibility index (Phi) is 2.61. The highest BCUT2D eigenvalue weighted by atomic mass is 15.0. The second-order valence-corrected chi connectivity index (χ2v) is 9.23. The van der Waals surface area contributed by atoms with Crippen LogP contribution in [0.25, 0.3) is 0 Å². The Bertz CT molecular complexity index is 506. The van der Waals surface area contributed by atoms with Gasteiger partial charge in [0, 0.05) is 18.0 Å². The van der Waals surface area contributed by atoms with Gasteiger partial charge in [-0.25, -0.2) is 0 Å². The first-order chi connectivity index (χ1) is 10.1. The Balaban J connectivity index is 1.53. The fraction of sp³-hybridized carbons (Fsp3) is 0.900. The van der Waals surface area contributed by atoms with Crippen molar-refractivity contribution in [3.05, 3.63) is 11.1 Å². The molecular formula is C20H31N. The fourth-order valence-electron chi connectivity index (χ4n) is 7.61. The maximum absolute atomic E-state index is 4.13. The molecule has 1 N–H and O–H groups in total. The number of hydrogen-bond donors (Lipinski definition) is 1. The van der Waals surface area contributed by atoms with Crippen LogP contribution >= 0.6 is 0 Å². The van der Waals surface area contributed by atoms with E-state index < -0.39 is 0 Å². The predicted molar refractivity (Wildman–Crippen MR) is 86.8 cm³/mol. The van der Waals surface area contributed by atoms with E-state index in [0.717, 1.165) is 59.4 Å². The van der Waals surface area contributed by atoms with E-state index >= 15 is 0 Å². The van der Waals surface area contributed by atoms with E-state index in [4.69, 9.17) is 0 Å². The van der Waals surface area contributed by atoms with Gasteiger partial charge in [0.2, 0.25) is 0 Å². The van der Waals surface area contributed by atoms with Crippen molar-refractivity contribution in [1.82, 2.24) is 5.32 Å². The lowest BCUT2D eigenvalue weighted by atomic mass is 9.45. The lowest BCUT2D eigenvalue weighted by molar-refractivity contribution is -0.109. The number of fused-ring (bicyclic) bond motifs is 7. The molecule has 2 aliphatic heterocycles. The summed E-state index contributed by atoms with van der Waals surface area (Å²) in [4.78, 5) is 0. The lowest BCUT2D eigenvalue weighted by Crippen LogP contribution is -2.69. The monoisotopic (exact) mass is 285 g/mol. The van der Waals surface area contributed by atoms with Gasteiger partial charge in [0.15, 0.2) is 0 Å². The number of hydrogen-bond acceptors (Lipinski definition) is 1. The summed E-state index contributed by atoms with van der Waals surface area (Å²) in [6, 6.07) is 1.63. The molecule has 3 aliphatic carbocycles. The zero-order valence-corrected chi connectivity index (χ0v) is 14.1. The molecule has 0 radical (unpaired) electrons. The van der Waals surface area contributed by atoms with Crippen LogP contribution in [0, 0.1) is 47.3 Å². The Morgan fingerprint density at radius 1 is 0.905 bits per heavy atom. The summed E-state index contributed by atoms with van der Waals surface area (Å²) in [7, 11) is 0. The van der Waals surface area contributed by atoms with Gasteiger partial charge in [-0.15, -0.1) is 0 Å². The van der Waals surface area contributed by atoms with Crippen LogP contribution in [0.5, 0.6) is 0 Å². The minimum Gasteiger partial charge on any atom is -0.310 e. The molecule has 21 heavy (non-hydrogen) atoms. The van der Waals surface area contributed by atoms with Crippen LogP contribution < -0.4 is 5.32 Å². The van der Waals surface area contributed by atoms with Gasteiger partial charge < -0.3 is 5.32 Å². The summed E-state index contributed by atoms with van der Waals surface area (Å²) in [5.41, 5.74) is 3.49. The molecule has 4 fully saturated rings. The van der Waals surface area contributed by atoms with Crippen molar-refractivity contribution in [3.8, 4) is 0 Å². The van der Waals surface area contributed by atoms with E-state index in [-0.39, 0.29) is 0 Å². The molecule has 0 aromatic carbocycles. The molecule has 2 bridgehead atoms. The maximum atomic E-state index is 4.13. The van der Waals surface area contributed by atoms with E-state index in [1.54, 1.807) is 17.6 Å². The van der Waals surface area contributed by atoms with Crippen molar-refractivity contribution < 1.29 is 0 Å². The molecule has 2 heterocycles. The second kappa shape index (κ2) is 4.16. The van der Waals surface area contributed by atoms with Crippen molar-refractivity contribution in [1.29, 1.82) is 0 Å². The Hall–Kier alpha value is -0.300. The minimum atomic E-state index is 0.805. The largest absolute Gasteiger partial charge is 0.310 e. The van der Waals surface area contributed by atoms with Gasteiger partial charge in [-0.05, 0) is 81.0 Å². The summed E-state index contributed by atoms with van der Waals surface area (Å²) in [5, 5.41) is 4.13. The normalized spacial score (nSPS) is 61.1. The summed E-state index contributed by atoms with van der Waals surface area (Å²) < 4.78 is 0. The third-order valence-corrected chi connectivity index (χ3v) is 8.94. The average Bonchev–Trinajstić information content (AvgIpc) is 2.45. The topological polar surface area (TPSA) is 12.0 Å². The molecule has 0 amide bonds.